The molecule has 0 saturated carbocycles. The minimum atomic E-state index is -0.555. The van der Waals surface area contributed by atoms with E-state index >= 15 is 0 Å². The van der Waals surface area contributed by atoms with Gasteiger partial charge in [-0.15, -0.1) is 21.5 Å². The molecular formula is C25H26ClN7OS. The van der Waals surface area contributed by atoms with E-state index in [9.17, 15) is 4.79 Å². The molecule has 1 aromatic carbocycles. The minimum Gasteiger partial charge on any atom is -0.361 e. The lowest BCUT2D eigenvalue weighted by atomic mass is 9.99. The van der Waals surface area contributed by atoms with Gasteiger partial charge in [0.2, 0.25) is 5.91 Å². The highest BCUT2D eigenvalue weighted by molar-refractivity contribution is 7.15. The minimum absolute atomic E-state index is 0.0499. The largest absolute Gasteiger partial charge is 0.361 e. The summed E-state index contributed by atoms with van der Waals surface area (Å²) < 4.78 is 2.01. The maximum atomic E-state index is 12.8. The van der Waals surface area contributed by atoms with Gasteiger partial charge in [-0.2, -0.15) is 5.10 Å². The number of nitrogens with one attached hydrogen (secondary N) is 2. The fraction of sp³-hybridized carbons (Fsp3) is 0.240. The van der Waals surface area contributed by atoms with Gasteiger partial charge in [0, 0.05) is 21.0 Å². The van der Waals surface area contributed by atoms with Crippen LogP contribution in [0.5, 0.6) is 0 Å². The molecule has 180 valence electrons. The van der Waals surface area contributed by atoms with E-state index in [2.05, 4.69) is 46.5 Å². The Labute approximate surface area is 213 Å². The van der Waals surface area contributed by atoms with Gasteiger partial charge >= 0.3 is 0 Å². The first-order chi connectivity index (χ1) is 16.8. The third kappa shape index (κ3) is 5.11. The Balaban J connectivity index is 1.73. The highest BCUT2D eigenvalue weighted by Gasteiger charge is 2.32. The highest BCUT2D eigenvalue weighted by Crippen LogP contribution is 2.39. The second kappa shape index (κ2) is 10.4. The Morgan fingerprint density at radius 1 is 1.26 bits per heavy atom. The van der Waals surface area contributed by atoms with Crippen molar-refractivity contribution in [1.29, 1.82) is 0 Å². The van der Waals surface area contributed by atoms with Gasteiger partial charge < -0.3 is 5.32 Å². The van der Waals surface area contributed by atoms with E-state index in [1.165, 1.54) is 11.1 Å². The average Bonchev–Trinajstić information content (AvgIpc) is 3.30. The van der Waals surface area contributed by atoms with Gasteiger partial charge in [-0.3, -0.25) is 14.4 Å². The topological polar surface area (TPSA) is 96.6 Å². The number of hydrogen-bond donors (Lipinski definition) is 2. The number of carbonyl (C=O) groups is 1. The lowest BCUT2D eigenvalue weighted by molar-refractivity contribution is -0.121. The van der Waals surface area contributed by atoms with Gasteiger partial charge in [-0.05, 0) is 51.6 Å². The second-order valence-corrected chi connectivity index (χ2v) is 9.71. The van der Waals surface area contributed by atoms with Gasteiger partial charge in [0.25, 0.3) is 0 Å². The number of aliphatic imine (C=N–C) groups is 1. The molecule has 4 rings (SSSR count). The summed E-state index contributed by atoms with van der Waals surface area (Å²) >= 11 is 7.82. The Morgan fingerprint density at radius 3 is 2.71 bits per heavy atom. The van der Waals surface area contributed by atoms with Crippen molar-refractivity contribution in [2.75, 3.05) is 0 Å². The monoisotopic (exact) mass is 507 g/mol. The van der Waals surface area contributed by atoms with E-state index in [1.807, 2.05) is 48.8 Å². The second-order valence-electron chi connectivity index (χ2n) is 8.07. The first kappa shape index (κ1) is 24.6. The highest BCUT2D eigenvalue weighted by atomic mass is 35.5. The Bertz CT molecular complexity index is 1370. The van der Waals surface area contributed by atoms with Crippen molar-refractivity contribution in [2.45, 2.75) is 40.2 Å². The Hall–Kier alpha value is -3.56. The average molecular weight is 508 g/mol. The molecule has 8 nitrogen and oxygen atoms in total. The predicted octanol–water partition coefficient (Wildman–Crippen LogP) is 4.93. The lowest BCUT2D eigenvalue weighted by Gasteiger charge is -2.12. The zero-order valence-electron chi connectivity index (χ0n) is 20.0. The number of fused-ring (bicyclic) bond motifs is 3. The number of allylic oxidation sites excluding steroid dienone is 2. The van der Waals surface area contributed by atoms with Crippen LogP contribution in [0.2, 0.25) is 5.02 Å². The molecule has 10 heteroatoms. The van der Waals surface area contributed by atoms with Crippen molar-refractivity contribution in [2.24, 2.45) is 10.1 Å². The molecule has 0 aliphatic carbocycles. The molecule has 1 aliphatic rings. The molecule has 1 amide bonds. The van der Waals surface area contributed by atoms with E-state index in [0.29, 0.717) is 16.5 Å². The summed E-state index contributed by atoms with van der Waals surface area (Å²) in [6, 6.07) is 7.02. The molecular weight excluding hydrogens is 482 g/mol. The fourth-order valence-electron chi connectivity index (χ4n) is 3.76. The van der Waals surface area contributed by atoms with Crippen molar-refractivity contribution < 1.29 is 4.79 Å². The van der Waals surface area contributed by atoms with Crippen LogP contribution < -0.4 is 10.7 Å². The maximum Gasteiger partial charge on any atom is 0.242 e. The van der Waals surface area contributed by atoms with Crippen LogP contribution in [0.1, 0.15) is 52.6 Å². The number of nitrogens with zero attached hydrogens (tertiary/aromatic N) is 5. The molecule has 0 spiro atoms. The number of hydrazone groups is 1. The SMILES string of the molecule is C=C(/C=N/NC(=O)C[C@@H]1N=C(c2ccc(Cl)cc2)c2c(sc(C)c2C)-n2c(C)nnc21)N/C=C\C. The van der Waals surface area contributed by atoms with Crippen molar-refractivity contribution in [3.63, 3.8) is 0 Å². The van der Waals surface area contributed by atoms with Crippen molar-refractivity contribution in [3.8, 4) is 5.00 Å². The first-order valence-electron chi connectivity index (χ1n) is 11.0. The molecule has 0 bridgehead atoms. The zero-order valence-corrected chi connectivity index (χ0v) is 21.5. The number of rotatable bonds is 7. The van der Waals surface area contributed by atoms with Gasteiger partial charge in [-0.25, -0.2) is 5.43 Å². The number of aryl methyl sites for hydroxylation is 2. The maximum absolute atomic E-state index is 12.8. The van der Waals surface area contributed by atoms with Crippen molar-refractivity contribution >= 4 is 40.8 Å². The molecule has 0 unspecified atom stereocenters. The Kier molecular flexibility index (Phi) is 7.28. The normalized spacial score (nSPS) is 15.0. The standard InChI is InChI=1S/C25H26ClN7OS/c1-6-11-27-14(2)13-28-31-21(34)12-20-24-32-30-17(5)33(24)25-22(15(3)16(4)35-25)23(29-20)18-7-9-19(26)10-8-18/h6-11,13,20,27H,2,12H2,1,3-5H3,(H,31,34)/b11-6-,28-13+/t20-/m0/s1. The summed E-state index contributed by atoms with van der Waals surface area (Å²) in [7, 11) is 0. The van der Waals surface area contributed by atoms with Crippen LogP contribution in [-0.2, 0) is 4.79 Å². The fourth-order valence-corrected chi connectivity index (χ4v) is 5.10. The summed E-state index contributed by atoms with van der Waals surface area (Å²) in [6.45, 7) is 11.8. The summed E-state index contributed by atoms with van der Waals surface area (Å²) in [5.41, 5.74) is 6.98. The third-order valence-corrected chi connectivity index (χ3v) is 7.03. The number of hydrogen-bond acceptors (Lipinski definition) is 7. The van der Waals surface area contributed by atoms with Crippen LogP contribution in [-0.4, -0.2) is 32.6 Å². The van der Waals surface area contributed by atoms with E-state index in [-0.39, 0.29) is 12.3 Å². The van der Waals surface area contributed by atoms with Gasteiger partial charge in [-0.1, -0.05) is 36.4 Å². The number of benzene rings is 1. The van der Waals surface area contributed by atoms with E-state index in [1.54, 1.807) is 17.5 Å². The molecule has 0 fully saturated rings. The van der Waals surface area contributed by atoms with Gasteiger partial charge in [0.05, 0.1) is 24.0 Å². The van der Waals surface area contributed by atoms with E-state index in [4.69, 9.17) is 16.6 Å². The lowest BCUT2D eigenvalue weighted by Crippen LogP contribution is -2.21. The molecule has 35 heavy (non-hydrogen) atoms. The molecule has 0 saturated heterocycles. The first-order valence-corrected chi connectivity index (χ1v) is 12.2. The van der Waals surface area contributed by atoms with Gasteiger partial charge in [0.1, 0.15) is 16.9 Å². The zero-order chi connectivity index (χ0) is 25.1. The van der Waals surface area contributed by atoms with Crippen LogP contribution in [0.25, 0.3) is 5.00 Å². The number of halogens is 1. The summed E-state index contributed by atoms with van der Waals surface area (Å²) in [5.74, 6) is 1.06. The number of aromatic nitrogens is 3. The van der Waals surface area contributed by atoms with Crippen molar-refractivity contribution in [1.82, 2.24) is 25.5 Å². The smallest absolute Gasteiger partial charge is 0.242 e. The molecule has 2 aromatic heterocycles. The van der Waals surface area contributed by atoms with E-state index < -0.39 is 6.04 Å². The number of thiophene rings is 1. The van der Waals surface area contributed by atoms with Crippen molar-refractivity contribution in [3.05, 3.63) is 87.1 Å². The Morgan fingerprint density at radius 2 is 2.00 bits per heavy atom. The molecule has 3 heterocycles. The summed E-state index contributed by atoms with van der Waals surface area (Å²) in [4.78, 5) is 19.1. The number of amides is 1. The molecule has 1 atom stereocenters. The van der Waals surface area contributed by atoms with E-state index in [0.717, 1.165) is 33.2 Å². The number of carbonyl (C=O) groups excluding carboxylic acids is 1. The summed E-state index contributed by atoms with van der Waals surface area (Å²) in [6.07, 6.45) is 5.06. The van der Waals surface area contributed by atoms with Crippen LogP contribution in [0.3, 0.4) is 0 Å². The van der Waals surface area contributed by atoms with Crippen LogP contribution >= 0.6 is 22.9 Å². The van der Waals surface area contributed by atoms with Crippen LogP contribution in [0.15, 0.2) is 58.9 Å². The molecule has 1 aliphatic heterocycles. The van der Waals surface area contributed by atoms with Crippen LogP contribution in [0, 0.1) is 20.8 Å². The third-order valence-electron chi connectivity index (χ3n) is 5.58. The predicted molar refractivity (Wildman–Crippen MR) is 142 cm³/mol. The quantitative estimate of drug-likeness (QED) is 0.350. The molecule has 3 aromatic rings. The van der Waals surface area contributed by atoms with Crippen LogP contribution in [0.4, 0.5) is 0 Å². The molecule has 2 N–H and O–H groups in total. The molecule has 0 radical (unpaired) electrons. The summed E-state index contributed by atoms with van der Waals surface area (Å²) in [5, 5.41) is 17.3. The van der Waals surface area contributed by atoms with Gasteiger partial charge in [0.15, 0.2) is 5.82 Å².